The Labute approximate surface area is 215 Å². The van der Waals surface area contributed by atoms with Gasteiger partial charge in [-0.3, -0.25) is 13.9 Å². The summed E-state index contributed by atoms with van der Waals surface area (Å²) in [6.45, 7) is 16.2. The number of hydrogen-bond donors (Lipinski definition) is 1. The first-order valence-corrected chi connectivity index (χ1v) is 13.1. The normalized spacial score (nSPS) is 11.0. The molecule has 0 spiro atoms. The number of hydrogen-bond acceptors (Lipinski definition) is 5. The lowest BCUT2D eigenvalue weighted by atomic mass is 10.1. The number of rotatable bonds is 5. The van der Waals surface area contributed by atoms with Crippen LogP contribution in [0, 0.1) is 29.5 Å². The van der Waals surface area contributed by atoms with Crippen LogP contribution in [-0.4, -0.2) is 38.7 Å². The average Bonchev–Trinajstić information content (AvgIpc) is 3.13. The maximum Gasteiger partial charge on any atom is 0.278 e. The van der Waals surface area contributed by atoms with Gasteiger partial charge in [0.15, 0.2) is 8.73 Å². The van der Waals surface area contributed by atoms with Crippen molar-refractivity contribution >= 4 is 46.1 Å². The molecule has 2 heterocycles. The van der Waals surface area contributed by atoms with E-state index in [2.05, 4.69) is 43.6 Å². The molecule has 2 aromatic carbocycles. The van der Waals surface area contributed by atoms with E-state index in [-0.39, 0.29) is 5.56 Å². The third kappa shape index (κ3) is 5.30. The van der Waals surface area contributed by atoms with Gasteiger partial charge in [0, 0.05) is 0 Å². The van der Waals surface area contributed by atoms with E-state index in [1.807, 2.05) is 54.8 Å². The van der Waals surface area contributed by atoms with Crippen molar-refractivity contribution in [3.8, 4) is 11.4 Å². The monoisotopic (exact) mass is 512 g/mol. The number of aryl methyl sites for hydroxylation is 3. The van der Waals surface area contributed by atoms with E-state index in [0.29, 0.717) is 19.1 Å². The number of benzene rings is 2. The van der Waals surface area contributed by atoms with Crippen molar-refractivity contribution in [3.63, 3.8) is 0 Å². The number of aromatic nitrogens is 3. The smallest absolute Gasteiger partial charge is 0.278 e. The van der Waals surface area contributed by atoms with E-state index >= 15 is 0 Å². The van der Waals surface area contributed by atoms with E-state index in [0.717, 1.165) is 22.5 Å². The van der Waals surface area contributed by atoms with Crippen LogP contribution in [-0.2, 0) is 0 Å². The first kappa shape index (κ1) is 26.2. The van der Waals surface area contributed by atoms with Crippen LogP contribution in [0.5, 0.6) is 0 Å². The predicted octanol–water partition coefficient (Wildman–Crippen LogP) is 6.90. The minimum Gasteiger partial charge on any atom is -0.316 e. The summed E-state index contributed by atoms with van der Waals surface area (Å²) in [5.74, 6) is 0. The molecule has 0 fully saturated rings. The van der Waals surface area contributed by atoms with Crippen LogP contribution in [0.2, 0.25) is 0 Å². The zero-order chi connectivity index (χ0) is 25.0. The molecule has 0 aliphatic carbocycles. The van der Waals surface area contributed by atoms with Crippen LogP contribution in [0.15, 0.2) is 47.3 Å². The molecule has 0 saturated heterocycles. The third-order valence-electron chi connectivity index (χ3n) is 5.93. The summed E-state index contributed by atoms with van der Waals surface area (Å²) >= 11 is 12.4. The first-order valence-electron chi connectivity index (χ1n) is 11.5. The van der Waals surface area contributed by atoms with Crippen molar-refractivity contribution in [1.82, 2.24) is 19.0 Å². The summed E-state index contributed by atoms with van der Waals surface area (Å²) in [5, 5.41) is 0. The average molecular weight is 513 g/mol. The Morgan fingerprint density at radius 1 is 0.882 bits per heavy atom. The van der Waals surface area contributed by atoms with Crippen LogP contribution in [0.1, 0.15) is 37.5 Å². The van der Waals surface area contributed by atoms with Crippen molar-refractivity contribution in [2.24, 2.45) is 0 Å². The summed E-state index contributed by atoms with van der Waals surface area (Å²) in [5.41, 5.74) is 5.49. The number of fused-ring (bicyclic) bond motifs is 1. The van der Waals surface area contributed by atoms with Crippen molar-refractivity contribution in [2.45, 2.75) is 41.5 Å². The van der Waals surface area contributed by atoms with Gasteiger partial charge in [-0.25, -0.2) is 0 Å². The number of aromatic amines is 1. The molecule has 0 saturated carbocycles. The molecule has 4 aromatic rings. The topological polar surface area (TPSA) is 46.0 Å². The molecule has 2 aromatic heterocycles. The van der Waals surface area contributed by atoms with E-state index < -0.39 is 0 Å². The molecular weight excluding hydrogens is 481 g/mol. The number of thiazole rings is 1. The molecule has 8 heteroatoms. The molecule has 1 N–H and O–H groups in total. The van der Waals surface area contributed by atoms with Crippen LogP contribution in [0.4, 0.5) is 0 Å². The van der Waals surface area contributed by atoms with Gasteiger partial charge in [-0.05, 0) is 88.1 Å². The molecular formula is C26H32N4OS3. The van der Waals surface area contributed by atoms with E-state index in [1.54, 1.807) is 4.57 Å². The van der Waals surface area contributed by atoms with E-state index in [4.69, 9.17) is 24.4 Å². The van der Waals surface area contributed by atoms with Gasteiger partial charge in [-0.15, -0.1) is 0 Å². The molecule has 0 bridgehead atoms. The van der Waals surface area contributed by atoms with Gasteiger partial charge in [0.05, 0.1) is 11.4 Å². The standard InChI is InChI=1S/C20H17N3OS3.C6H15N/c1-11-8-9-15(13(3)10-11)22-17-16(27-20(22)26)18(24)23(19(25)21-17)14-7-5-4-6-12(14)2;1-4-7(5-2)6-3/h4-10H,1-3H3,(H,21,25);4-6H2,1-3H3. The predicted molar refractivity (Wildman–Crippen MR) is 150 cm³/mol. The second-order valence-corrected chi connectivity index (χ2v) is 10.2. The molecule has 0 aliphatic heterocycles. The second kappa shape index (κ2) is 11.4. The first-order chi connectivity index (χ1) is 16.2. The Kier molecular flexibility index (Phi) is 8.76. The van der Waals surface area contributed by atoms with Gasteiger partial charge in [0.2, 0.25) is 0 Å². The van der Waals surface area contributed by atoms with Gasteiger partial charge in [0.25, 0.3) is 5.56 Å². The molecule has 0 amide bonds. The molecule has 0 unspecified atom stereocenters. The Morgan fingerprint density at radius 3 is 2.06 bits per heavy atom. The highest BCUT2D eigenvalue weighted by Crippen LogP contribution is 2.26. The fraction of sp³-hybridized carbons (Fsp3) is 0.346. The Balaban J connectivity index is 0.000000406. The lowest BCUT2D eigenvalue weighted by molar-refractivity contribution is 0.321. The Bertz CT molecular complexity index is 1470. The molecule has 34 heavy (non-hydrogen) atoms. The summed E-state index contributed by atoms with van der Waals surface area (Å²) in [6.07, 6.45) is 0. The van der Waals surface area contributed by atoms with Gasteiger partial charge < -0.3 is 9.88 Å². The van der Waals surface area contributed by atoms with Gasteiger partial charge in [0.1, 0.15) is 10.3 Å². The SMILES string of the molecule is CCN(CC)CC.Cc1ccc(-n2c(=S)sc3c(=O)n(-c4ccccc4C)c(=S)[nH]c32)c(C)c1. The minimum atomic E-state index is -0.150. The molecule has 0 radical (unpaired) electrons. The quantitative estimate of drug-likeness (QED) is 0.295. The summed E-state index contributed by atoms with van der Waals surface area (Å²) < 4.78 is 4.99. The largest absolute Gasteiger partial charge is 0.316 e. The van der Waals surface area contributed by atoms with Crippen molar-refractivity contribution in [1.29, 1.82) is 0 Å². The third-order valence-corrected chi connectivity index (χ3v) is 7.57. The summed E-state index contributed by atoms with van der Waals surface area (Å²) in [4.78, 5) is 18.9. The fourth-order valence-electron chi connectivity index (χ4n) is 3.96. The molecule has 180 valence electrons. The number of nitrogens with zero attached hydrogens (tertiary/aromatic N) is 3. The highest BCUT2D eigenvalue weighted by atomic mass is 32.1. The second-order valence-electron chi connectivity index (χ2n) is 8.15. The van der Waals surface area contributed by atoms with E-state index in [9.17, 15) is 4.79 Å². The molecule has 4 rings (SSSR count). The minimum absolute atomic E-state index is 0.150. The fourth-order valence-corrected chi connectivity index (χ4v) is 5.55. The van der Waals surface area contributed by atoms with Gasteiger partial charge in [-0.2, -0.15) is 0 Å². The number of H-pyrrole nitrogens is 1. The molecule has 0 aliphatic rings. The van der Waals surface area contributed by atoms with Crippen molar-refractivity contribution in [3.05, 3.63) is 78.2 Å². The van der Waals surface area contributed by atoms with Gasteiger partial charge in [-0.1, -0.05) is 68.0 Å². The van der Waals surface area contributed by atoms with Crippen LogP contribution in [0.3, 0.4) is 0 Å². The van der Waals surface area contributed by atoms with E-state index in [1.165, 1.54) is 36.5 Å². The summed E-state index contributed by atoms with van der Waals surface area (Å²) in [6, 6.07) is 13.9. The number of nitrogens with one attached hydrogen (secondary N) is 1. The summed E-state index contributed by atoms with van der Waals surface area (Å²) in [7, 11) is 0. The zero-order valence-electron chi connectivity index (χ0n) is 20.6. The highest BCUT2D eigenvalue weighted by molar-refractivity contribution is 7.73. The number of para-hydroxylation sites is 1. The molecule has 5 nitrogen and oxygen atoms in total. The molecule has 0 atom stereocenters. The lowest BCUT2D eigenvalue weighted by Gasteiger charge is -2.13. The highest BCUT2D eigenvalue weighted by Gasteiger charge is 2.16. The van der Waals surface area contributed by atoms with Gasteiger partial charge >= 0.3 is 0 Å². The van der Waals surface area contributed by atoms with Crippen LogP contribution < -0.4 is 5.56 Å². The Morgan fingerprint density at radius 2 is 1.50 bits per heavy atom. The maximum absolute atomic E-state index is 13.3. The van der Waals surface area contributed by atoms with Crippen molar-refractivity contribution < 1.29 is 0 Å². The maximum atomic E-state index is 13.3. The Hall–Kier alpha value is -2.39. The zero-order valence-corrected chi connectivity index (χ0v) is 23.1. The van der Waals surface area contributed by atoms with Crippen LogP contribution >= 0.6 is 35.8 Å². The lowest BCUT2D eigenvalue weighted by Crippen LogP contribution is -2.21. The van der Waals surface area contributed by atoms with Crippen molar-refractivity contribution in [2.75, 3.05) is 19.6 Å². The van der Waals surface area contributed by atoms with Crippen LogP contribution in [0.25, 0.3) is 21.7 Å².